The highest BCUT2D eigenvalue weighted by atomic mass is 16.5. The van der Waals surface area contributed by atoms with Crippen molar-refractivity contribution in [1.29, 1.82) is 0 Å². The van der Waals surface area contributed by atoms with Gasteiger partial charge in [0.1, 0.15) is 0 Å². The van der Waals surface area contributed by atoms with Gasteiger partial charge in [-0.25, -0.2) is 0 Å². The molecule has 0 aliphatic rings. The minimum Gasteiger partial charge on any atom is -0.391 e. The van der Waals surface area contributed by atoms with E-state index in [0.717, 1.165) is 6.61 Å². The van der Waals surface area contributed by atoms with Crippen LogP contribution in [0.3, 0.4) is 0 Å². The Hall–Kier alpha value is -0.120. The van der Waals surface area contributed by atoms with Gasteiger partial charge < -0.3 is 14.6 Å². The molecule has 0 saturated carbocycles. The van der Waals surface area contributed by atoms with Crippen LogP contribution in [0.25, 0.3) is 0 Å². The molecule has 0 heterocycles. The summed E-state index contributed by atoms with van der Waals surface area (Å²) < 4.78 is 10.7. The van der Waals surface area contributed by atoms with Crippen molar-refractivity contribution in [3.63, 3.8) is 0 Å². The van der Waals surface area contributed by atoms with E-state index in [9.17, 15) is 0 Å². The molecule has 0 aromatic carbocycles. The summed E-state index contributed by atoms with van der Waals surface area (Å²) in [5.41, 5.74) is 0. The molecule has 0 aromatic rings. The van der Waals surface area contributed by atoms with Crippen LogP contribution in [0.1, 0.15) is 27.7 Å². The summed E-state index contributed by atoms with van der Waals surface area (Å²) >= 11 is 0. The predicted molar refractivity (Wildman–Crippen MR) is 52.8 cm³/mol. The molecule has 13 heavy (non-hydrogen) atoms. The van der Waals surface area contributed by atoms with Crippen molar-refractivity contribution < 1.29 is 14.6 Å². The zero-order chi connectivity index (χ0) is 10.3. The SMILES string of the molecule is CC(C)COC[C@H](C)OC[C@H](C)O. The average molecular weight is 190 g/mol. The van der Waals surface area contributed by atoms with E-state index in [2.05, 4.69) is 13.8 Å². The van der Waals surface area contributed by atoms with Crippen LogP contribution in [0.4, 0.5) is 0 Å². The van der Waals surface area contributed by atoms with Gasteiger partial charge in [0.05, 0.1) is 25.4 Å². The lowest BCUT2D eigenvalue weighted by Gasteiger charge is -2.15. The standard InChI is InChI=1S/C10H22O3/c1-8(2)5-12-7-10(4)13-6-9(3)11/h8-11H,5-7H2,1-4H3/t9-,10-/m0/s1. The van der Waals surface area contributed by atoms with Gasteiger partial charge in [0.2, 0.25) is 0 Å². The lowest BCUT2D eigenvalue weighted by Crippen LogP contribution is -2.22. The molecule has 0 radical (unpaired) electrons. The minimum absolute atomic E-state index is 0.0633. The Morgan fingerprint density at radius 3 is 2.08 bits per heavy atom. The highest BCUT2D eigenvalue weighted by Crippen LogP contribution is 1.97. The molecule has 0 aromatic heterocycles. The minimum atomic E-state index is -0.396. The topological polar surface area (TPSA) is 38.7 Å². The summed E-state index contributed by atoms with van der Waals surface area (Å²) in [5, 5.41) is 8.95. The van der Waals surface area contributed by atoms with Crippen LogP contribution >= 0.6 is 0 Å². The normalized spacial score (nSPS) is 16.2. The van der Waals surface area contributed by atoms with Crippen molar-refractivity contribution in [3.05, 3.63) is 0 Å². The van der Waals surface area contributed by atoms with E-state index in [4.69, 9.17) is 14.6 Å². The molecule has 0 aliphatic heterocycles. The predicted octanol–water partition coefficient (Wildman–Crippen LogP) is 1.44. The molecule has 0 amide bonds. The van der Waals surface area contributed by atoms with E-state index in [1.54, 1.807) is 6.92 Å². The van der Waals surface area contributed by atoms with Gasteiger partial charge in [0, 0.05) is 6.61 Å². The van der Waals surface area contributed by atoms with Crippen molar-refractivity contribution in [2.75, 3.05) is 19.8 Å². The number of aliphatic hydroxyl groups excluding tert-OH is 1. The average Bonchev–Trinajstić information content (AvgIpc) is 2.00. The third-order valence-corrected chi connectivity index (χ3v) is 1.43. The molecule has 0 bridgehead atoms. The molecule has 80 valence electrons. The molecule has 0 fully saturated rings. The van der Waals surface area contributed by atoms with Gasteiger partial charge in [-0.3, -0.25) is 0 Å². The fourth-order valence-electron chi connectivity index (χ4n) is 0.821. The Balaban J connectivity index is 3.25. The van der Waals surface area contributed by atoms with Crippen LogP contribution in [0, 0.1) is 5.92 Å². The molecular formula is C10H22O3. The van der Waals surface area contributed by atoms with Crippen molar-refractivity contribution >= 4 is 0 Å². The molecular weight excluding hydrogens is 168 g/mol. The Morgan fingerprint density at radius 1 is 1.00 bits per heavy atom. The number of hydrogen-bond donors (Lipinski definition) is 1. The Labute approximate surface area is 81.0 Å². The zero-order valence-corrected chi connectivity index (χ0v) is 9.12. The van der Waals surface area contributed by atoms with E-state index in [0.29, 0.717) is 19.1 Å². The highest BCUT2D eigenvalue weighted by molar-refractivity contribution is 4.51. The van der Waals surface area contributed by atoms with Gasteiger partial charge in [-0.05, 0) is 19.8 Å². The second kappa shape index (κ2) is 7.30. The van der Waals surface area contributed by atoms with Gasteiger partial charge in [0.15, 0.2) is 0 Å². The van der Waals surface area contributed by atoms with Crippen molar-refractivity contribution in [1.82, 2.24) is 0 Å². The number of rotatable bonds is 7. The third kappa shape index (κ3) is 9.80. The summed E-state index contributed by atoms with van der Waals surface area (Å²) in [6.07, 6.45) is -0.333. The lowest BCUT2D eigenvalue weighted by molar-refractivity contribution is -0.0402. The molecule has 0 aliphatic carbocycles. The molecule has 1 N–H and O–H groups in total. The Kier molecular flexibility index (Phi) is 7.23. The maximum atomic E-state index is 8.95. The van der Waals surface area contributed by atoms with Gasteiger partial charge in [-0.15, -0.1) is 0 Å². The molecule has 3 nitrogen and oxygen atoms in total. The second-order valence-electron chi connectivity index (χ2n) is 3.92. The molecule has 0 unspecified atom stereocenters. The maximum absolute atomic E-state index is 8.95. The number of ether oxygens (including phenoxy) is 2. The summed E-state index contributed by atoms with van der Waals surface area (Å²) in [6, 6.07) is 0. The first-order valence-electron chi connectivity index (χ1n) is 4.89. The summed E-state index contributed by atoms with van der Waals surface area (Å²) in [4.78, 5) is 0. The first kappa shape index (κ1) is 12.9. The zero-order valence-electron chi connectivity index (χ0n) is 9.12. The van der Waals surface area contributed by atoms with E-state index in [1.165, 1.54) is 0 Å². The van der Waals surface area contributed by atoms with E-state index in [-0.39, 0.29) is 6.10 Å². The Bertz CT molecular complexity index is 113. The first-order valence-corrected chi connectivity index (χ1v) is 4.89. The van der Waals surface area contributed by atoms with Crippen molar-refractivity contribution in [3.8, 4) is 0 Å². The molecule has 3 heteroatoms. The van der Waals surface area contributed by atoms with Crippen LogP contribution < -0.4 is 0 Å². The number of aliphatic hydroxyl groups is 1. The van der Waals surface area contributed by atoms with Gasteiger partial charge >= 0.3 is 0 Å². The van der Waals surface area contributed by atoms with Crippen LogP contribution in [-0.4, -0.2) is 37.1 Å². The van der Waals surface area contributed by atoms with E-state index in [1.807, 2.05) is 6.92 Å². The maximum Gasteiger partial charge on any atom is 0.0781 e. The summed E-state index contributed by atoms with van der Waals surface area (Å²) in [5.74, 6) is 0.559. The molecule has 0 spiro atoms. The van der Waals surface area contributed by atoms with Crippen molar-refractivity contribution in [2.24, 2.45) is 5.92 Å². The quantitative estimate of drug-likeness (QED) is 0.660. The smallest absolute Gasteiger partial charge is 0.0781 e. The first-order chi connectivity index (χ1) is 6.02. The molecule has 0 saturated heterocycles. The molecule has 2 atom stereocenters. The summed E-state index contributed by atoms with van der Waals surface area (Å²) in [7, 11) is 0. The Morgan fingerprint density at radius 2 is 1.62 bits per heavy atom. The summed E-state index contributed by atoms with van der Waals surface area (Å²) in [6.45, 7) is 9.63. The van der Waals surface area contributed by atoms with E-state index >= 15 is 0 Å². The van der Waals surface area contributed by atoms with Crippen LogP contribution in [0.2, 0.25) is 0 Å². The van der Waals surface area contributed by atoms with Crippen molar-refractivity contribution in [2.45, 2.75) is 39.9 Å². The van der Waals surface area contributed by atoms with Gasteiger partial charge in [0.25, 0.3) is 0 Å². The second-order valence-corrected chi connectivity index (χ2v) is 3.92. The van der Waals surface area contributed by atoms with Gasteiger partial charge in [-0.1, -0.05) is 13.8 Å². The van der Waals surface area contributed by atoms with Crippen LogP contribution in [-0.2, 0) is 9.47 Å². The largest absolute Gasteiger partial charge is 0.391 e. The highest BCUT2D eigenvalue weighted by Gasteiger charge is 2.04. The third-order valence-electron chi connectivity index (χ3n) is 1.43. The monoisotopic (exact) mass is 190 g/mol. The number of hydrogen-bond acceptors (Lipinski definition) is 3. The van der Waals surface area contributed by atoms with Crippen LogP contribution in [0.15, 0.2) is 0 Å². The lowest BCUT2D eigenvalue weighted by atomic mass is 10.2. The fraction of sp³-hybridized carbons (Fsp3) is 1.00. The molecule has 0 rings (SSSR count). The van der Waals surface area contributed by atoms with E-state index < -0.39 is 6.10 Å². The van der Waals surface area contributed by atoms with Crippen LogP contribution in [0.5, 0.6) is 0 Å². The fourth-order valence-corrected chi connectivity index (χ4v) is 0.821. The van der Waals surface area contributed by atoms with Gasteiger partial charge in [-0.2, -0.15) is 0 Å².